The van der Waals surface area contributed by atoms with Gasteiger partial charge in [0.2, 0.25) is 5.95 Å². The van der Waals surface area contributed by atoms with Crippen molar-refractivity contribution in [2.45, 2.75) is 18.4 Å². The Morgan fingerprint density at radius 3 is 2.75 bits per heavy atom. The summed E-state index contributed by atoms with van der Waals surface area (Å²) < 4.78 is 12.6. The summed E-state index contributed by atoms with van der Waals surface area (Å²) in [7, 11) is 3.32. The van der Waals surface area contributed by atoms with E-state index in [1.165, 1.54) is 0 Å². The monoisotopic (exact) mass is 489 g/mol. The van der Waals surface area contributed by atoms with Crippen LogP contribution in [-0.4, -0.2) is 76.3 Å². The molecule has 1 fully saturated rings. The fourth-order valence-electron chi connectivity index (χ4n) is 4.82. The van der Waals surface area contributed by atoms with Crippen LogP contribution < -0.4 is 10.1 Å². The number of fused-ring (bicyclic) bond motifs is 1. The minimum Gasteiger partial charge on any atom is -0.507 e. The van der Waals surface area contributed by atoms with E-state index in [2.05, 4.69) is 20.3 Å². The van der Waals surface area contributed by atoms with Crippen molar-refractivity contribution in [3.8, 4) is 22.8 Å². The SMILES string of the molecule is COCCN1CC[C@@H](c2ccc(Nc3ncc4ccc(-c5ccccc5O)n4n3)c(OC)c2)[C@@H](O)C1. The number of β-amino-alcohol motifs (C(OH)–C–C–N with tert-alkyl or cyclic N) is 1. The Balaban J connectivity index is 1.37. The molecule has 3 heterocycles. The number of hydrogen-bond donors (Lipinski definition) is 3. The number of phenolic OH excluding ortho intramolecular Hbond substituents is 1. The minimum atomic E-state index is -0.452. The van der Waals surface area contributed by atoms with E-state index in [1.807, 2.05) is 42.5 Å². The van der Waals surface area contributed by atoms with Crippen molar-refractivity contribution in [2.24, 2.45) is 0 Å². The maximum atomic E-state index is 10.8. The zero-order valence-electron chi connectivity index (χ0n) is 20.5. The van der Waals surface area contributed by atoms with E-state index in [-0.39, 0.29) is 11.7 Å². The standard InChI is InChI=1S/C27H31N5O4/c1-35-14-13-31-12-11-20(25(34)17-31)18-7-9-22(26(15-18)36-2)29-27-28-16-19-8-10-23(32(19)30-27)21-5-3-4-6-24(21)33/h3-10,15-16,20,25,33-34H,11-14,17H2,1-2H3,(H,29,30)/t20-,25-/m0/s1. The lowest BCUT2D eigenvalue weighted by Gasteiger charge is -2.36. The number of rotatable bonds is 8. The quantitative estimate of drug-likeness (QED) is 0.345. The number of nitrogens with one attached hydrogen (secondary N) is 1. The summed E-state index contributed by atoms with van der Waals surface area (Å²) in [5.41, 5.74) is 4.04. The molecule has 0 bridgehead atoms. The van der Waals surface area contributed by atoms with Gasteiger partial charge in [0.1, 0.15) is 11.5 Å². The molecule has 0 aliphatic carbocycles. The maximum absolute atomic E-state index is 10.8. The summed E-state index contributed by atoms with van der Waals surface area (Å²) in [6.45, 7) is 3.03. The summed E-state index contributed by atoms with van der Waals surface area (Å²) in [6.07, 6.45) is 2.14. The molecule has 1 aliphatic rings. The van der Waals surface area contributed by atoms with Crippen molar-refractivity contribution >= 4 is 17.2 Å². The van der Waals surface area contributed by atoms with E-state index < -0.39 is 6.10 Å². The van der Waals surface area contributed by atoms with Gasteiger partial charge in [0.15, 0.2) is 0 Å². The smallest absolute Gasteiger partial charge is 0.245 e. The van der Waals surface area contributed by atoms with Gasteiger partial charge >= 0.3 is 0 Å². The van der Waals surface area contributed by atoms with Gasteiger partial charge in [-0.05, 0) is 54.9 Å². The maximum Gasteiger partial charge on any atom is 0.245 e. The van der Waals surface area contributed by atoms with Crippen molar-refractivity contribution in [2.75, 3.05) is 45.8 Å². The highest BCUT2D eigenvalue weighted by molar-refractivity contribution is 5.72. The van der Waals surface area contributed by atoms with Crippen LogP contribution in [0.15, 0.2) is 60.8 Å². The molecule has 9 nitrogen and oxygen atoms in total. The first kappa shape index (κ1) is 24.1. The second kappa shape index (κ2) is 10.5. The Bertz CT molecular complexity index is 1340. The van der Waals surface area contributed by atoms with E-state index in [9.17, 15) is 10.2 Å². The third-order valence-corrected chi connectivity index (χ3v) is 6.76. The second-order valence-electron chi connectivity index (χ2n) is 8.99. The van der Waals surface area contributed by atoms with Crippen LogP contribution in [0.25, 0.3) is 16.8 Å². The number of para-hydroxylation sites is 1. The molecule has 0 saturated carbocycles. The van der Waals surface area contributed by atoms with Crippen LogP contribution in [0.2, 0.25) is 0 Å². The first-order valence-corrected chi connectivity index (χ1v) is 12.0. The summed E-state index contributed by atoms with van der Waals surface area (Å²) in [5.74, 6) is 1.28. The number of aliphatic hydroxyl groups excluding tert-OH is 1. The van der Waals surface area contributed by atoms with Gasteiger partial charge in [0.05, 0.1) is 42.9 Å². The number of ether oxygens (including phenoxy) is 2. The molecule has 2 aromatic carbocycles. The average Bonchev–Trinajstić information content (AvgIpc) is 3.31. The van der Waals surface area contributed by atoms with Crippen LogP contribution in [0.3, 0.4) is 0 Å². The number of likely N-dealkylation sites (tertiary alicyclic amines) is 1. The molecule has 0 radical (unpaired) electrons. The Morgan fingerprint density at radius 1 is 1.11 bits per heavy atom. The third kappa shape index (κ3) is 4.86. The normalized spacial score (nSPS) is 18.4. The number of phenols is 1. The molecular formula is C27H31N5O4. The van der Waals surface area contributed by atoms with Crippen LogP contribution in [0, 0.1) is 0 Å². The van der Waals surface area contributed by atoms with Gasteiger partial charge in [-0.3, -0.25) is 4.90 Å². The summed E-state index contributed by atoms with van der Waals surface area (Å²) in [4.78, 5) is 6.68. The van der Waals surface area contributed by atoms with Crippen LogP contribution >= 0.6 is 0 Å². The van der Waals surface area contributed by atoms with Gasteiger partial charge in [-0.1, -0.05) is 18.2 Å². The highest BCUT2D eigenvalue weighted by Crippen LogP contribution is 2.35. The van der Waals surface area contributed by atoms with Crippen molar-refractivity contribution in [3.05, 3.63) is 66.4 Å². The molecule has 0 spiro atoms. The number of aromatic nitrogens is 3. The van der Waals surface area contributed by atoms with E-state index in [0.717, 1.165) is 42.0 Å². The topological polar surface area (TPSA) is 104 Å². The number of hydrogen-bond acceptors (Lipinski definition) is 8. The molecule has 2 aromatic heterocycles. The van der Waals surface area contributed by atoms with E-state index >= 15 is 0 Å². The van der Waals surface area contributed by atoms with Gasteiger partial charge in [0, 0.05) is 31.7 Å². The third-order valence-electron chi connectivity index (χ3n) is 6.76. The Labute approximate surface area is 209 Å². The number of aliphatic hydroxyl groups is 1. The van der Waals surface area contributed by atoms with Gasteiger partial charge in [-0.2, -0.15) is 0 Å². The summed E-state index contributed by atoms with van der Waals surface area (Å²) in [6, 6.07) is 16.9. The van der Waals surface area contributed by atoms with E-state index in [1.54, 1.807) is 37.1 Å². The number of nitrogens with zero attached hydrogens (tertiary/aromatic N) is 4. The molecule has 9 heteroatoms. The molecule has 188 valence electrons. The van der Waals surface area contributed by atoms with Gasteiger partial charge in [-0.25, -0.2) is 9.50 Å². The van der Waals surface area contributed by atoms with Crippen LogP contribution in [0.5, 0.6) is 11.5 Å². The fourth-order valence-corrected chi connectivity index (χ4v) is 4.82. The van der Waals surface area contributed by atoms with Crippen molar-refractivity contribution < 1.29 is 19.7 Å². The Hall–Kier alpha value is -3.66. The average molecular weight is 490 g/mol. The lowest BCUT2D eigenvalue weighted by molar-refractivity contribution is 0.0384. The molecule has 4 aromatic rings. The van der Waals surface area contributed by atoms with Gasteiger partial charge in [0.25, 0.3) is 0 Å². The van der Waals surface area contributed by atoms with E-state index in [0.29, 0.717) is 30.4 Å². The number of methoxy groups -OCH3 is 2. The fraction of sp³-hybridized carbons (Fsp3) is 0.333. The van der Waals surface area contributed by atoms with Crippen LogP contribution in [0.4, 0.5) is 11.6 Å². The predicted octanol–water partition coefficient (Wildman–Crippen LogP) is 3.65. The predicted molar refractivity (Wildman–Crippen MR) is 138 cm³/mol. The second-order valence-corrected chi connectivity index (χ2v) is 8.99. The van der Waals surface area contributed by atoms with Crippen molar-refractivity contribution in [1.82, 2.24) is 19.5 Å². The zero-order valence-corrected chi connectivity index (χ0v) is 20.5. The van der Waals surface area contributed by atoms with E-state index in [4.69, 9.17) is 9.47 Å². The molecule has 0 amide bonds. The molecule has 2 atom stereocenters. The largest absolute Gasteiger partial charge is 0.507 e. The first-order valence-electron chi connectivity index (χ1n) is 12.0. The van der Waals surface area contributed by atoms with Gasteiger partial charge in [-0.15, -0.1) is 5.10 Å². The summed E-state index contributed by atoms with van der Waals surface area (Å²) in [5, 5.41) is 29.0. The Kier molecular flexibility index (Phi) is 7.04. The highest BCUT2D eigenvalue weighted by atomic mass is 16.5. The minimum absolute atomic E-state index is 0.0420. The van der Waals surface area contributed by atoms with Crippen LogP contribution in [0.1, 0.15) is 17.9 Å². The first-order chi connectivity index (χ1) is 17.6. The Morgan fingerprint density at radius 2 is 1.97 bits per heavy atom. The van der Waals surface area contributed by atoms with Crippen molar-refractivity contribution in [3.63, 3.8) is 0 Å². The number of aromatic hydroxyl groups is 1. The van der Waals surface area contributed by atoms with Crippen LogP contribution in [-0.2, 0) is 4.74 Å². The molecule has 36 heavy (non-hydrogen) atoms. The van der Waals surface area contributed by atoms with Crippen molar-refractivity contribution in [1.29, 1.82) is 0 Å². The molecule has 1 aliphatic heterocycles. The highest BCUT2D eigenvalue weighted by Gasteiger charge is 2.29. The molecule has 5 rings (SSSR count). The lowest BCUT2D eigenvalue weighted by atomic mass is 9.87. The lowest BCUT2D eigenvalue weighted by Crippen LogP contribution is -2.43. The summed E-state index contributed by atoms with van der Waals surface area (Å²) >= 11 is 0. The number of anilines is 2. The van der Waals surface area contributed by atoms with Gasteiger partial charge < -0.3 is 25.0 Å². The molecule has 3 N–H and O–H groups in total. The number of piperidine rings is 1. The number of benzene rings is 2. The molecule has 0 unspecified atom stereocenters. The molecule has 1 saturated heterocycles. The zero-order chi connectivity index (χ0) is 25.1. The molecular weight excluding hydrogens is 458 g/mol.